The molecular formula is C23H24N4O6S. The molecule has 178 valence electrons. The number of primary amides is 1. The summed E-state index contributed by atoms with van der Waals surface area (Å²) in [5, 5.41) is 5.74. The van der Waals surface area contributed by atoms with Gasteiger partial charge in [0.25, 0.3) is 11.8 Å². The van der Waals surface area contributed by atoms with Crippen molar-refractivity contribution in [2.45, 2.75) is 38.1 Å². The predicted molar refractivity (Wildman–Crippen MR) is 123 cm³/mol. The third-order valence-electron chi connectivity index (χ3n) is 6.37. The number of rotatable bonds is 5. The number of hydrogen-bond acceptors (Lipinski definition) is 7. The molecule has 1 aromatic heterocycles. The Morgan fingerprint density at radius 3 is 2.68 bits per heavy atom. The van der Waals surface area contributed by atoms with Crippen LogP contribution in [-0.4, -0.2) is 48.4 Å². The first-order chi connectivity index (χ1) is 16.3. The summed E-state index contributed by atoms with van der Waals surface area (Å²) in [4.78, 5) is 52.7. The van der Waals surface area contributed by atoms with Crippen molar-refractivity contribution in [3.05, 3.63) is 39.8 Å². The number of carbonyl (C=O) groups excluding carboxylic acids is 4. The summed E-state index contributed by atoms with van der Waals surface area (Å²) in [5.74, 6) is -0.698. The van der Waals surface area contributed by atoms with E-state index in [0.717, 1.165) is 41.0 Å². The minimum absolute atomic E-state index is 0.325. The zero-order valence-electron chi connectivity index (χ0n) is 18.6. The number of benzene rings is 1. The van der Waals surface area contributed by atoms with E-state index in [1.54, 1.807) is 25.1 Å². The maximum absolute atomic E-state index is 13.2. The molecule has 3 aliphatic rings. The van der Waals surface area contributed by atoms with Crippen molar-refractivity contribution in [1.82, 2.24) is 10.2 Å². The quantitative estimate of drug-likeness (QED) is 0.554. The van der Waals surface area contributed by atoms with Crippen LogP contribution < -0.4 is 25.8 Å². The maximum Gasteiger partial charge on any atom is 0.325 e. The average Bonchev–Trinajstić information content (AvgIpc) is 3.28. The number of anilines is 1. The first-order valence-corrected chi connectivity index (χ1v) is 11.9. The van der Waals surface area contributed by atoms with Gasteiger partial charge < -0.3 is 25.8 Å². The molecule has 34 heavy (non-hydrogen) atoms. The van der Waals surface area contributed by atoms with Gasteiger partial charge in [0.15, 0.2) is 11.5 Å². The van der Waals surface area contributed by atoms with Crippen LogP contribution in [0.25, 0.3) is 0 Å². The average molecular weight is 485 g/mol. The molecule has 0 spiro atoms. The number of urea groups is 1. The molecule has 0 unspecified atom stereocenters. The zero-order valence-corrected chi connectivity index (χ0v) is 19.4. The summed E-state index contributed by atoms with van der Waals surface area (Å²) in [7, 11) is 0. The first-order valence-electron chi connectivity index (χ1n) is 11.1. The second-order valence-corrected chi connectivity index (χ2v) is 9.74. The van der Waals surface area contributed by atoms with Crippen LogP contribution in [0.2, 0.25) is 0 Å². The van der Waals surface area contributed by atoms with Gasteiger partial charge in [0.05, 0.1) is 5.56 Å². The van der Waals surface area contributed by atoms with E-state index < -0.39 is 35.8 Å². The molecule has 0 radical (unpaired) electrons. The molecule has 1 aromatic carbocycles. The Morgan fingerprint density at radius 1 is 1.18 bits per heavy atom. The molecule has 1 aliphatic carbocycles. The predicted octanol–water partition coefficient (Wildman–Crippen LogP) is 1.90. The van der Waals surface area contributed by atoms with Crippen molar-refractivity contribution in [3.63, 3.8) is 0 Å². The fourth-order valence-corrected chi connectivity index (χ4v) is 5.93. The molecule has 1 saturated heterocycles. The van der Waals surface area contributed by atoms with E-state index in [9.17, 15) is 19.2 Å². The van der Waals surface area contributed by atoms with Crippen LogP contribution in [0.15, 0.2) is 18.2 Å². The topological polar surface area (TPSA) is 140 Å². The highest BCUT2D eigenvalue weighted by Crippen LogP contribution is 2.39. The number of carbonyl (C=O) groups is 4. The highest BCUT2D eigenvalue weighted by Gasteiger charge is 2.50. The van der Waals surface area contributed by atoms with Gasteiger partial charge in [-0.05, 0) is 55.9 Å². The summed E-state index contributed by atoms with van der Waals surface area (Å²) in [6, 6.07) is 4.35. The minimum atomic E-state index is -1.37. The highest BCUT2D eigenvalue weighted by molar-refractivity contribution is 7.17. The van der Waals surface area contributed by atoms with Gasteiger partial charge in [-0.15, -0.1) is 11.3 Å². The molecule has 1 atom stereocenters. The van der Waals surface area contributed by atoms with E-state index in [0.29, 0.717) is 40.8 Å². The van der Waals surface area contributed by atoms with Crippen LogP contribution in [0.5, 0.6) is 11.5 Å². The number of nitrogens with two attached hydrogens (primary N) is 1. The molecule has 2 aliphatic heterocycles. The van der Waals surface area contributed by atoms with E-state index in [-0.39, 0.29) is 0 Å². The number of fused-ring (bicyclic) bond motifs is 2. The zero-order chi connectivity index (χ0) is 24.0. The van der Waals surface area contributed by atoms with E-state index in [4.69, 9.17) is 15.2 Å². The number of amides is 5. The summed E-state index contributed by atoms with van der Waals surface area (Å²) in [5.41, 5.74) is 5.94. The van der Waals surface area contributed by atoms with Gasteiger partial charge in [0.1, 0.15) is 30.3 Å². The van der Waals surface area contributed by atoms with Crippen molar-refractivity contribution in [3.8, 4) is 11.5 Å². The monoisotopic (exact) mass is 484 g/mol. The molecule has 2 aromatic rings. The fourth-order valence-electron chi connectivity index (χ4n) is 4.61. The molecule has 4 N–H and O–H groups in total. The van der Waals surface area contributed by atoms with E-state index >= 15 is 0 Å². The fraction of sp³-hybridized carbons (Fsp3) is 0.391. The van der Waals surface area contributed by atoms with Crippen LogP contribution in [0, 0.1) is 0 Å². The molecule has 5 amide bonds. The Balaban J connectivity index is 1.34. The van der Waals surface area contributed by atoms with E-state index in [2.05, 4.69) is 10.6 Å². The van der Waals surface area contributed by atoms with Crippen molar-refractivity contribution in [2.75, 3.05) is 25.1 Å². The third kappa shape index (κ3) is 3.65. The standard InChI is InChI=1S/C23H24N4O6S/c1-23(12-6-7-14-15(10-12)33-9-8-32-14)21(30)27(22(31)26-23)11-17(28)25-20-18(19(24)29)13-4-2-3-5-16(13)34-20/h6-7,10H,2-5,8-9,11H2,1H3,(H2,24,29)(H,25,28)(H,26,31)/t23-/m1/s1. The maximum atomic E-state index is 13.2. The third-order valence-corrected chi connectivity index (χ3v) is 7.57. The lowest BCUT2D eigenvalue weighted by Crippen LogP contribution is -2.42. The van der Waals surface area contributed by atoms with Crippen LogP contribution in [0.4, 0.5) is 9.80 Å². The van der Waals surface area contributed by atoms with Gasteiger partial charge >= 0.3 is 6.03 Å². The Bertz CT molecular complexity index is 1220. The number of aryl methyl sites for hydroxylation is 1. The van der Waals surface area contributed by atoms with Crippen molar-refractivity contribution >= 4 is 40.1 Å². The second-order valence-electron chi connectivity index (χ2n) is 8.63. The highest BCUT2D eigenvalue weighted by atomic mass is 32.1. The molecule has 11 heteroatoms. The minimum Gasteiger partial charge on any atom is -0.486 e. The normalized spacial score (nSPS) is 21.1. The van der Waals surface area contributed by atoms with Gasteiger partial charge in [0, 0.05) is 4.88 Å². The molecule has 5 rings (SSSR count). The molecule has 3 heterocycles. The Labute approximate surface area is 199 Å². The summed E-state index contributed by atoms with van der Waals surface area (Å²) >= 11 is 1.33. The molecule has 0 bridgehead atoms. The summed E-state index contributed by atoms with van der Waals surface area (Å²) in [6.07, 6.45) is 3.54. The van der Waals surface area contributed by atoms with Crippen molar-refractivity contribution in [1.29, 1.82) is 0 Å². The van der Waals surface area contributed by atoms with Crippen LogP contribution in [0.1, 0.15) is 46.1 Å². The molecule has 0 saturated carbocycles. The van der Waals surface area contributed by atoms with Gasteiger partial charge in [-0.1, -0.05) is 6.07 Å². The molecular weight excluding hydrogens is 460 g/mol. The van der Waals surface area contributed by atoms with Crippen molar-refractivity contribution in [2.24, 2.45) is 5.73 Å². The number of nitrogens with one attached hydrogen (secondary N) is 2. The second kappa shape index (κ2) is 8.32. The Morgan fingerprint density at radius 2 is 1.91 bits per heavy atom. The molecule has 1 fully saturated rings. The van der Waals surface area contributed by atoms with Crippen LogP contribution >= 0.6 is 11.3 Å². The lowest BCUT2D eigenvalue weighted by atomic mass is 9.91. The SMILES string of the molecule is C[C@]1(c2ccc3c(c2)OCCO3)NC(=O)N(CC(=O)Nc2sc3c(c2C(N)=O)CCCC3)C1=O. The number of ether oxygens (including phenoxy) is 2. The largest absolute Gasteiger partial charge is 0.486 e. The van der Waals surface area contributed by atoms with Gasteiger partial charge in [-0.25, -0.2) is 4.79 Å². The van der Waals surface area contributed by atoms with Gasteiger partial charge in [0.2, 0.25) is 5.91 Å². The first kappa shape index (κ1) is 22.2. The smallest absolute Gasteiger partial charge is 0.325 e. The van der Waals surface area contributed by atoms with Gasteiger partial charge in [-0.2, -0.15) is 0 Å². The summed E-state index contributed by atoms with van der Waals surface area (Å²) < 4.78 is 11.1. The van der Waals surface area contributed by atoms with E-state index in [1.165, 1.54) is 11.3 Å². The number of imide groups is 1. The Hall–Kier alpha value is -3.60. The molecule has 10 nitrogen and oxygen atoms in total. The van der Waals surface area contributed by atoms with E-state index in [1.807, 2.05) is 0 Å². The summed E-state index contributed by atoms with van der Waals surface area (Å²) in [6.45, 7) is 1.91. The lowest BCUT2D eigenvalue weighted by molar-refractivity contribution is -0.133. The van der Waals surface area contributed by atoms with Gasteiger partial charge in [-0.3, -0.25) is 19.3 Å². The van der Waals surface area contributed by atoms with Crippen LogP contribution in [0.3, 0.4) is 0 Å². The van der Waals surface area contributed by atoms with Crippen LogP contribution in [-0.2, 0) is 28.0 Å². The number of thiophene rings is 1. The number of hydrogen-bond donors (Lipinski definition) is 3. The number of nitrogens with zero attached hydrogens (tertiary/aromatic N) is 1. The lowest BCUT2D eigenvalue weighted by Gasteiger charge is -2.25. The Kier molecular flexibility index (Phi) is 5.43. The van der Waals surface area contributed by atoms with Crippen molar-refractivity contribution < 1.29 is 28.7 Å².